The number of rotatable bonds is 14. The van der Waals surface area contributed by atoms with Crippen molar-refractivity contribution < 1.29 is 28.2 Å². The smallest absolute Gasteiger partial charge is 0.309 e. The van der Waals surface area contributed by atoms with Crippen LogP contribution in [0.1, 0.15) is 47.5 Å². The van der Waals surface area contributed by atoms with Gasteiger partial charge in [-0.15, -0.1) is 0 Å². The molecular formula is C24H48O6Si2. The summed E-state index contributed by atoms with van der Waals surface area (Å²) in [5.74, 6) is -0.309. The summed E-state index contributed by atoms with van der Waals surface area (Å²) in [7, 11) is -1.83. The van der Waals surface area contributed by atoms with E-state index in [1.54, 1.807) is 0 Å². The van der Waals surface area contributed by atoms with Crippen molar-refractivity contribution in [2.75, 3.05) is 27.1 Å². The van der Waals surface area contributed by atoms with E-state index in [1.165, 1.54) is 7.11 Å². The second-order valence-electron chi connectivity index (χ2n) is 12.3. The van der Waals surface area contributed by atoms with Gasteiger partial charge in [0.25, 0.3) is 0 Å². The van der Waals surface area contributed by atoms with Crippen LogP contribution in [0.25, 0.3) is 0 Å². The molecule has 0 unspecified atom stereocenters. The first-order chi connectivity index (χ1) is 14.4. The minimum absolute atomic E-state index is 0.0323. The number of carbonyl (C=O) groups is 1. The zero-order valence-electron chi connectivity index (χ0n) is 22.5. The SMILES string of the molecule is C=C(CC(=O)OC)[C@H](C[C@]1(COCOCC[Si](C)(C)C)OC1(C)C)O[Si](C)(C)C(C)(C)C. The van der Waals surface area contributed by atoms with Gasteiger partial charge in [-0.2, -0.15) is 0 Å². The van der Waals surface area contributed by atoms with Crippen LogP contribution in [0.5, 0.6) is 0 Å². The highest BCUT2D eigenvalue weighted by Gasteiger charge is 2.65. The molecule has 1 aliphatic heterocycles. The first-order valence-corrected chi connectivity index (χ1v) is 18.3. The lowest BCUT2D eigenvalue weighted by Crippen LogP contribution is -2.46. The van der Waals surface area contributed by atoms with Crippen molar-refractivity contribution in [3.63, 3.8) is 0 Å². The lowest BCUT2D eigenvalue weighted by Gasteiger charge is -2.40. The quantitative estimate of drug-likeness (QED) is 0.0773. The summed E-state index contributed by atoms with van der Waals surface area (Å²) in [6, 6.07) is 1.11. The maximum absolute atomic E-state index is 11.9. The van der Waals surface area contributed by atoms with Crippen LogP contribution in [0.15, 0.2) is 12.2 Å². The molecule has 188 valence electrons. The second-order valence-corrected chi connectivity index (χ2v) is 22.7. The van der Waals surface area contributed by atoms with Crippen LogP contribution in [0.2, 0.25) is 43.8 Å². The van der Waals surface area contributed by atoms with E-state index >= 15 is 0 Å². The molecule has 0 bridgehead atoms. The zero-order valence-corrected chi connectivity index (χ0v) is 24.5. The standard InChI is InChI=1S/C24H48O6Si2/c1-19(15-21(25)26-7)20(29-32(11,12)22(2,3)4)16-24(23(5,6)30-24)17-28-18-27-13-14-31(8,9)10/h20H,1,13-18H2,2-12H3/t20-,24+/m0/s1. The van der Waals surface area contributed by atoms with Gasteiger partial charge in [-0.1, -0.05) is 47.0 Å². The van der Waals surface area contributed by atoms with Gasteiger partial charge >= 0.3 is 5.97 Å². The van der Waals surface area contributed by atoms with Gasteiger partial charge in [-0.05, 0) is 43.6 Å². The fourth-order valence-electron chi connectivity index (χ4n) is 3.19. The molecule has 1 heterocycles. The van der Waals surface area contributed by atoms with E-state index in [-0.39, 0.29) is 35.9 Å². The monoisotopic (exact) mass is 488 g/mol. The van der Waals surface area contributed by atoms with E-state index in [1.807, 2.05) is 0 Å². The summed E-state index contributed by atoms with van der Waals surface area (Å²) in [6.07, 6.45) is 0.401. The average Bonchev–Trinajstić information content (AvgIpc) is 3.15. The zero-order chi connectivity index (χ0) is 25.0. The van der Waals surface area contributed by atoms with E-state index in [2.05, 4.69) is 73.9 Å². The van der Waals surface area contributed by atoms with Gasteiger partial charge in [-0.25, -0.2) is 0 Å². The van der Waals surface area contributed by atoms with Crippen molar-refractivity contribution in [2.45, 2.75) is 109 Å². The molecular weight excluding hydrogens is 440 g/mol. The lowest BCUT2D eigenvalue weighted by atomic mass is 9.88. The molecule has 8 heteroatoms. The molecule has 0 spiro atoms. The van der Waals surface area contributed by atoms with E-state index < -0.39 is 22.0 Å². The summed E-state index contributed by atoms with van der Waals surface area (Å²) in [5.41, 5.74) is -0.119. The number of hydrogen-bond donors (Lipinski definition) is 0. The molecule has 6 nitrogen and oxygen atoms in total. The minimum Gasteiger partial charge on any atom is -0.469 e. The Bertz CT molecular complexity index is 648. The molecule has 32 heavy (non-hydrogen) atoms. The summed E-state index contributed by atoms with van der Waals surface area (Å²) >= 11 is 0. The third-order valence-electron chi connectivity index (χ3n) is 6.82. The van der Waals surface area contributed by atoms with Crippen molar-refractivity contribution in [1.29, 1.82) is 0 Å². The molecule has 0 radical (unpaired) electrons. The lowest BCUT2D eigenvalue weighted by molar-refractivity contribution is -0.140. The van der Waals surface area contributed by atoms with Crippen LogP contribution >= 0.6 is 0 Å². The minimum atomic E-state index is -2.11. The summed E-state index contributed by atoms with van der Waals surface area (Å²) in [4.78, 5) is 11.9. The molecule has 1 saturated heterocycles. The van der Waals surface area contributed by atoms with Crippen LogP contribution in [0.4, 0.5) is 0 Å². The first kappa shape index (κ1) is 29.5. The van der Waals surface area contributed by atoms with Crippen molar-refractivity contribution in [1.82, 2.24) is 0 Å². The number of esters is 1. The molecule has 0 saturated carbocycles. The molecule has 0 N–H and O–H groups in total. The first-order valence-electron chi connectivity index (χ1n) is 11.6. The van der Waals surface area contributed by atoms with Gasteiger partial charge in [0, 0.05) is 21.1 Å². The summed E-state index contributed by atoms with van der Waals surface area (Å²) in [6.45, 7) is 27.7. The third-order valence-corrected chi connectivity index (χ3v) is 13.0. The Labute approximate surface area is 198 Å². The van der Waals surface area contributed by atoms with Crippen molar-refractivity contribution in [3.05, 3.63) is 12.2 Å². The largest absolute Gasteiger partial charge is 0.469 e. The number of methoxy groups -OCH3 is 1. The number of epoxide rings is 1. The molecule has 0 aromatic rings. The molecule has 2 atom stereocenters. The van der Waals surface area contributed by atoms with Crippen LogP contribution < -0.4 is 0 Å². The predicted molar refractivity (Wildman–Crippen MR) is 135 cm³/mol. The summed E-state index contributed by atoms with van der Waals surface area (Å²) in [5, 5.41) is 0.0323. The van der Waals surface area contributed by atoms with Crippen molar-refractivity contribution >= 4 is 22.4 Å². The molecule has 1 rings (SSSR count). The second kappa shape index (κ2) is 10.8. The van der Waals surface area contributed by atoms with Crippen LogP contribution in [0, 0.1) is 0 Å². The molecule has 0 aliphatic carbocycles. The average molecular weight is 489 g/mol. The Hall–Kier alpha value is -0.516. The van der Waals surface area contributed by atoms with E-state index in [9.17, 15) is 4.79 Å². The summed E-state index contributed by atoms with van der Waals surface area (Å²) < 4.78 is 29.4. The Morgan fingerprint density at radius 1 is 1.09 bits per heavy atom. The Morgan fingerprint density at radius 2 is 1.66 bits per heavy atom. The maximum Gasteiger partial charge on any atom is 0.309 e. The fourth-order valence-corrected chi connectivity index (χ4v) is 5.26. The predicted octanol–water partition coefficient (Wildman–Crippen LogP) is 5.76. The Morgan fingerprint density at radius 3 is 2.09 bits per heavy atom. The molecule has 1 fully saturated rings. The van der Waals surface area contributed by atoms with Gasteiger partial charge in [0.1, 0.15) is 12.4 Å². The van der Waals surface area contributed by atoms with Gasteiger partial charge in [0.05, 0.1) is 31.8 Å². The van der Waals surface area contributed by atoms with E-state index in [4.69, 9.17) is 23.4 Å². The third kappa shape index (κ3) is 8.68. The van der Waals surface area contributed by atoms with Crippen LogP contribution in [-0.2, 0) is 28.2 Å². The van der Waals surface area contributed by atoms with Crippen LogP contribution in [-0.4, -0.2) is 66.8 Å². The van der Waals surface area contributed by atoms with Gasteiger partial charge < -0.3 is 23.4 Å². The Kier molecular flexibility index (Phi) is 9.98. The van der Waals surface area contributed by atoms with Crippen LogP contribution in [0.3, 0.4) is 0 Å². The highest BCUT2D eigenvalue weighted by atomic mass is 28.4. The number of carbonyl (C=O) groups excluding carboxylic acids is 1. The number of ether oxygens (including phenoxy) is 4. The fraction of sp³-hybridized carbons (Fsp3) is 0.875. The molecule has 1 aliphatic rings. The number of hydrogen-bond acceptors (Lipinski definition) is 6. The van der Waals surface area contributed by atoms with Crippen molar-refractivity contribution in [3.8, 4) is 0 Å². The topological polar surface area (TPSA) is 66.5 Å². The van der Waals surface area contributed by atoms with Crippen molar-refractivity contribution in [2.24, 2.45) is 0 Å². The maximum atomic E-state index is 11.9. The molecule has 0 aromatic heterocycles. The Balaban J connectivity index is 2.86. The van der Waals surface area contributed by atoms with Gasteiger partial charge in [0.15, 0.2) is 8.32 Å². The normalized spacial score (nSPS) is 21.8. The highest BCUT2D eigenvalue weighted by Crippen LogP contribution is 2.52. The van der Waals surface area contributed by atoms with Gasteiger partial charge in [0.2, 0.25) is 0 Å². The molecule has 0 aromatic carbocycles. The van der Waals surface area contributed by atoms with Gasteiger partial charge in [-0.3, -0.25) is 4.79 Å². The van der Waals surface area contributed by atoms with E-state index in [0.717, 1.165) is 18.2 Å². The highest BCUT2D eigenvalue weighted by molar-refractivity contribution is 6.76. The molecule has 0 amide bonds. The van der Waals surface area contributed by atoms with E-state index in [0.29, 0.717) is 13.0 Å².